The summed E-state index contributed by atoms with van der Waals surface area (Å²) in [4.78, 5) is 11.8. The van der Waals surface area contributed by atoms with Crippen molar-refractivity contribution in [2.75, 3.05) is 10.6 Å². The second kappa shape index (κ2) is 5.52. The molecule has 98 valence electrons. The van der Waals surface area contributed by atoms with E-state index in [9.17, 15) is 9.18 Å². The monoisotopic (exact) mass is 258 g/mol. The summed E-state index contributed by atoms with van der Waals surface area (Å²) in [5, 5.41) is 5.42. The zero-order valence-electron chi connectivity index (χ0n) is 10.8. The highest BCUT2D eigenvalue weighted by atomic mass is 19.1. The normalized spacial score (nSPS) is 10.1. The molecule has 0 spiro atoms. The van der Waals surface area contributed by atoms with Gasteiger partial charge in [0.1, 0.15) is 5.82 Å². The van der Waals surface area contributed by atoms with E-state index < -0.39 is 0 Å². The van der Waals surface area contributed by atoms with Crippen molar-refractivity contribution in [3.05, 3.63) is 59.4 Å². The Kier molecular flexibility index (Phi) is 3.80. The Morgan fingerprint density at radius 3 is 2.53 bits per heavy atom. The molecule has 0 atom stereocenters. The van der Waals surface area contributed by atoms with Crippen molar-refractivity contribution in [2.24, 2.45) is 0 Å². The minimum atomic E-state index is -0.347. The maximum absolute atomic E-state index is 12.9. The number of rotatable bonds is 2. The molecule has 4 heteroatoms. The minimum Gasteiger partial charge on any atom is -0.308 e. The largest absolute Gasteiger partial charge is 0.323 e. The van der Waals surface area contributed by atoms with Gasteiger partial charge in [-0.3, -0.25) is 0 Å². The van der Waals surface area contributed by atoms with Crippen molar-refractivity contribution < 1.29 is 9.18 Å². The summed E-state index contributed by atoms with van der Waals surface area (Å²) in [5.41, 5.74) is 3.05. The Morgan fingerprint density at radius 2 is 1.84 bits per heavy atom. The molecule has 0 aliphatic carbocycles. The molecular formula is C15H15FN2O. The number of carbonyl (C=O) groups is 1. The van der Waals surface area contributed by atoms with Gasteiger partial charge in [-0.1, -0.05) is 12.1 Å². The molecule has 0 saturated heterocycles. The molecular weight excluding hydrogens is 243 g/mol. The van der Waals surface area contributed by atoms with Crippen molar-refractivity contribution in [2.45, 2.75) is 13.8 Å². The van der Waals surface area contributed by atoms with Gasteiger partial charge >= 0.3 is 6.03 Å². The summed E-state index contributed by atoms with van der Waals surface area (Å²) in [5.74, 6) is -0.317. The standard InChI is InChI=1S/C15H15FN2O/c1-10-4-3-5-13(8-10)17-15(19)18-14-7-6-12(16)9-11(14)2/h3-9H,1-2H3,(H2,17,18,19). The second-order valence-corrected chi connectivity index (χ2v) is 4.41. The highest BCUT2D eigenvalue weighted by Crippen LogP contribution is 2.16. The van der Waals surface area contributed by atoms with Crippen molar-refractivity contribution in [3.63, 3.8) is 0 Å². The summed E-state index contributed by atoms with van der Waals surface area (Å²) in [7, 11) is 0. The van der Waals surface area contributed by atoms with Crippen molar-refractivity contribution in [1.82, 2.24) is 0 Å². The van der Waals surface area contributed by atoms with Crippen LogP contribution in [0.2, 0.25) is 0 Å². The number of hydrogen-bond acceptors (Lipinski definition) is 1. The third-order valence-corrected chi connectivity index (χ3v) is 2.71. The number of anilines is 2. The third kappa shape index (κ3) is 3.55. The second-order valence-electron chi connectivity index (χ2n) is 4.41. The Labute approximate surface area is 111 Å². The number of hydrogen-bond donors (Lipinski definition) is 2. The molecule has 2 amide bonds. The first-order valence-electron chi connectivity index (χ1n) is 5.95. The topological polar surface area (TPSA) is 41.1 Å². The van der Waals surface area contributed by atoms with Crippen LogP contribution in [0.3, 0.4) is 0 Å². The van der Waals surface area contributed by atoms with Crippen molar-refractivity contribution in [3.8, 4) is 0 Å². The summed E-state index contributed by atoms with van der Waals surface area (Å²) < 4.78 is 12.9. The lowest BCUT2D eigenvalue weighted by molar-refractivity contribution is 0.262. The fraction of sp³-hybridized carbons (Fsp3) is 0.133. The van der Waals surface area contributed by atoms with Gasteiger partial charge in [0.2, 0.25) is 0 Å². The molecule has 19 heavy (non-hydrogen) atoms. The van der Waals surface area contributed by atoms with Gasteiger partial charge in [0.25, 0.3) is 0 Å². The zero-order valence-corrected chi connectivity index (χ0v) is 10.8. The lowest BCUT2D eigenvalue weighted by Crippen LogP contribution is -2.20. The van der Waals surface area contributed by atoms with Crippen molar-refractivity contribution >= 4 is 17.4 Å². The van der Waals surface area contributed by atoms with Crippen LogP contribution in [0.4, 0.5) is 20.6 Å². The quantitative estimate of drug-likeness (QED) is 0.837. The highest BCUT2D eigenvalue weighted by Gasteiger charge is 2.05. The van der Waals surface area contributed by atoms with E-state index in [1.165, 1.54) is 12.1 Å². The van der Waals surface area contributed by atoms with Crippen LogP contribution in [0.25, 0.3) is 0 Å². The molecule has 2 aromatic rings. The maximum Gasteiger partial charge on any atom is 0.323 e. The molecule has 2 N–H and O–H groups in total. The molecule has 0 aromatic heterocycles. The summed E-state index contributed by atoms with van der Waals surface area (Å²) in [6, 6.07) is 11.4. The summed E-state index contributed by atoms with van der Waals surface area (Å²) in [6.07, 6.45) is 0. The lowest BCUT2D eigenvalue weighted by Gasteiger charge is -2.10. The van der Waals surface area contributed by atoms with E-state index in [2.05, 4.69) is 10.6 Å². The molecule has 2 rings (SSSR count). The number of amides is 2. The van der Waals surface area contributed by atoms with Gasteiger partial charge < -0.3 is 10.6 Å². The fourth-order valence-electron chi connectivity index (χ4n) is 1.77. The van der Waals surface area contributed by atoms with Crippen LogP contribution in [0.1, 0.15) is 11.1 Å². The van der Waals surface area contributed by atoms with Gasteiger partial charge in [-0.15, -0.1) is 0 Å². The number of benzene rings is 2. The van der Waals surface area contributed by atoms with Crippen LogP contribution >= 0.6 is 0 Å². The Morgan fingerprint density at radius 1 is 1.05 bits per heavy atom. The van der Waals surface area contributed by atoms with Gasteiger partial charge in [-0.25, -0.2) is 9.18 Å². The smallest absolute Gasteiger partial charge is 0.308 e. The number of nitrogens with one attached hydrogen (secondary N) is 2. The molecule has 0 radical (unpaired) electrons. The number of halogens is 1. The first kappa shape index (κ1) is 13.1. The maximum atomic E-state index is 12.9. The minimum absolute atomic E-state index is 0.317. The van der Waals surface area contributed by atoms with Crippen LogP contribution in [-0.4, -0.2) is 6.03 Å². The number of aryl methyl sites for hydroxylation is 2. The van der Waals surface area contributed by atoms with Gasteiger partial charge in [0.05, 0.1) is 0 Å². The molecule has 0 aliphatic heterocycles. The van der Waals surface area contributed by atoms with Gasteiger partial charge in [0, 0.05) is 11.4 Å². The SMILES string of the molecule is Cc1cccc(NC(=O)Nc2ccc(F)cc2C)c1. The lowest BCUT2D eigenvalue weighted by atomic mass is 10.2. The highest BCUT2D eigenvalue weighted by molar-refractivity contribution is 6.00. The molecule has 0 fully saturated rings. The van der Waals surface area contributed by atoms with E-state index in [0.29, 0.717) is 11.3 Å². The van der Waals surface area contributed by atoms with Crippen LogP contribution < -0.4 is 10.6 Å². The van der Waals surface area contributed by atoms with Gasteiger partial charge in [-0.2, -0.15) is 0 Å². The third-order valence-electron chi connectivity index (χ3n) is 2.71. The Bertz CT molecular complexity index is 611. The Hall–Kier alpha value is -2.36. The molecule has 0 unspecified atom stereocenters. The molecule has 0 bridgehead atoms. The molecule has 2 aromatic carbocycles. The van der Waals surface area contributed by atoms with Gasteiger partial charge in [0.15, 0.2) is 0 Å². The average molecular weight is 258 g/mol. The molecule has 0 heterocycles. The van der Waals surface area contributed by atoms with Gasteiger partial charge in [-0.05, 0) is 55.3 Å². The first-order chi connectivity index (χ1) is 9.04. The first-order valence-corrected chi connectivity index (χ1v) is 5.95. The summed E-state index contributed by atoms with van der Waals surface area (Å²) in [6.45, 7) is 3.69. The van der Waals surface area contributed by atoms with E-state index in [4.69, 9.17) is 0 Å². The van der Waals surface area contributed by atoms with Crippen molar-refractivity contribution in [1.29, 1.82) is 0 Å². The zero-order chi connectivity index (χ0) is 13.8. The molecule has 3 nitrogen and oxygen atoms in total. The summed E-state index contributed by atoms with van der Waals surface area (Å²) >= 11 is 0. The van der Waals surface area contributed by atoms with E-state index in [0.717, 1.165) is 11.3 Å². The predicted octanol–water partition coefficient (Wildman–Crippen LogP) is 4.09. The predicted molar refractivity (Wildman–Crippen MR) is 75.0 cm³/mol. The van der Waals surface area contributed by atoms with E-state index >= 15 is 0 Å². The van der Waals surface area contributed by atoms with E-state index in [-0.39, 0.29) is 11.8 Å². The number of carbonyl (C=O) groups excluding carboxylic acids is 1. The van der Waals surface area contributed by atoms with Crippen LogP contribution in [-0.2, 0) is 0 Å². The van der Waals surface area contributed by atoms with Crippen LogP contribution in [0.5, 0.6) is 0 Å². The number of urea groups is 1. The fourth-order valence-corrected chi connectivity index (χ4v) is 1.77. The average Bonchev–Trinajstić information content (AvgIpc) is 2.33. The van der Waals surface area contributed by atoms with Crippen LogP contribution in [0.15, 0.2) is 42.5 Å². The Balaban J connectivity index is 2.05. The van der Waals surface area contributed by atoms with Crippen LogP contribution in [0, 0.1) is 19.7 Å². The van der Waals surface area contributed by atoms with E-state index in [1.54, 1.807) is 13.0 Å². The molecule has 0 saturated carbocycles. The van der Waals surface area contributed by atoms with E-state index in [1.807, 2.05) is 31.2 Å². The molecule has 0 aliphatic rings.